The number of hydrogen-bond donors (Lipinski definition) is 1. The molecule has 1 aromatic carbocycles. The SMILES string of the molecule is O=C(O)CN1C(=O)CSC=C1c1ccc(Cl)cc1. The second-order valence-electron chi connectivity index (χ2n) is 3.69. The fourth-order valence-electron chi connectivity index (χ4n) is 1.62. The molecule has 18 heavy (non-hydrogen) atoms. The van der Waals surface area contributed by atoms with E-state index >= 15 is 0 Å². The Morgan fingerprint density at radius 1 is 1.39 bits per heavy atom. The maximum Gasteiger partial charge on any atom is 0.323 e. The number of carboxylic acid groups (broad SMARTS) is 1. The molecule has 0 spiro atoms. The van der Waals surface area contributed by atoms with E-state index in [4.69, 9.17) is 16.7 Å². The van der Waals surface area contributed by atoms with Crippen molar-refractivity contribution in [3.05, 3.63) is 40.3 Å². The van der Waals surface area contributed by atoms with E-state index in [9.17, 15) is 9.59 Å². The third kappa shape index (κ3) is 2.86. The van der Waals surface area contributed by atoms with E-state index in [0.717, 1.165) is 5.56 Å². The van der Waals surface area contributed by atoms with Crippen LogP contribution in [0.2, 0.25) is 5.02 Å². The second kappa shape index (κ2) is 5.46. The topological polar surface area (TPSA) is 57.6 Å². The van der Waals surface area contributed by atoms with Crippen LogP contribution >= 0.6 is 23.4 Å². The molecule has 1 amide bonds. The largest absolute Gasteiger partial charge is 0.480 e. The van der Waals surface area contributed by atoms with Crippen LogP contribution in [-0.4, -0.2) is 34.2 Å². The van der Waals surface area contributed by atoms with E-state index in [-0.39, 0.29) is 18.2 Å². The zero-order valence-corrected chi connectivity index (χ0v) is 10.9. The summed E-state index contributed by atoms with van der Waals surface area (Å²) < 4.78 is 0. The number of carboxylic acids is 1. The zero-order chi connectivity index (χ0) is 13.1. The molecular weight excluding hydrogens is 274 g/mol. The van der Waals surface area contributed by atoms with Crippen molar-refractivity contribution in [2.45, 2.75) is 0 Å². The molecule has 0 atom stereocenters. The van der Waals surface area contributed by atoms with Crippen molar-refractivity contribution in [3.8, 4) is 0 Å². The van der Waals surface area contributed by atoms with E-state index in [1.165, 1.54) is 16.7 Å². The minimum atomic E-state index is -1.03. The average Bonchev–Trinajstić information content (AvgIpc) is 2.32. The normalized spacial score (nSPS) is 15.5. The van der Waals surface area contributed by atoms with Crippen LogP contribution in [0.25, 0.3) is 5.70 Å². The molecule has 0 radical (unpaired) electrons. The van der Waals surface area contributed by atoms with Crippen molar-refractivity contribution in [3.63, 3.8) is 0 Å². The number of nitrogens with zero attached hydrogens (tertiary/aromatic N) is 1. The summed E-state index contributed by atoms with van der Waals surface area (Å²) in [6.45, 7) is -0.326. The van der Waals surface area contributed by atoms with Crippen LogP contribution in [0, 0.1) is 0 Å². The highest BCUT2D eigenvalue weighted by atomic mass is 35.5. The zero-order valence-electron chi connectivity index (χ0n) is 9.30. The van der Waals surface area contributed by atoms with Crippen LogP contribution < -0.4 is 0 Å². The highest BCUT2D eigenvalue weighted by Gasteiger charge is 2.25. The number of thioether (sulfide) groups is 1. The molecule has 0 unspecified atom stereocenters. The first kappa shape index (κ1) is 13.0. The van der Waals surface area contributed by atoms with Gasteiger partial charge in [0, 0.05) is 5.02 Å². The fraction of sp³-hybridized carbons (Fsp3) is 0.167. The Morgan fingerprint density at radius 2 is 2.06 bits per heavy atom. The number of hydrogen-bond acceptors (Lipinski definition) is 3. The van der Waals surface area contributed by atoms with Crippen molar-refractivity contribution in [2.75, 3.05) is 12.3 Å². The minimum Gasteiger partial charge on any atom is -0.480 e. The first-order valence-corrected chi connectivity index (χ1v) is 6.60. The van der Waals surface area contributed by atoms with E-state index in [1.54, 1.807) is 29.7 Å². The van der Waals surface area contributed by atoms with Crippen molar-refractivity contribution in [2.24, 2.45) is 0 Å². The maximum atomic E-state index is 11.8. The molecule has 0 saturated carbocycles. The van der Waals surface area contributed by atoms with Crippen molar-refractivity contribution in [1.29, 1.82) is 0 Å². The van der Waals surface area contributed by atoms with Gasteiger partial charge in [-0.1, -0.05) is 23.7 Å². The lowest BCUT2D eigenvalue weighted by atomic mass is 10.1. The number of carbonyl (C=O) groups is 2. The van der Waals surface area contributed by atoms with E-state index in [0.29, 0.717) is 10.7 Å². The second-order valence-corrected chi connectivity index (χ2v) is 4.99. The van der Waals surface area contributed by atoms with Crippen molar-refractivity contribution < 1.29 is 14.7 Å². The standard InChI is InChI=1S/C12H10ClNO3S/c13-9-3-1-8(2-4-9)10-6-18-7-11(15)14(10)5-12(16)17/h1-4,6H,5,7H2,(H,16,17). The van der Waals surface area contributed by atoms with Crippen LogP contribution in [0.5, 0.6) is 0 Å². The van der Waals surface area contributed by atoms with Gasteiger partial charge in [-0.15, -0.1) is 11.8 Å². The number of benzene rings is 1. The Balaban J connectivity index is 2.33. The lowest BCUT2D eigenvalue weighted by Gasteiger charge is -2.27. The Kier molecular flexibility index (Phi) is 3.93. The number of aliphatic carboxylic acids is 1. The number of carbonyl (C=O) groups excluding carboxylic acids is 1. The van der Waals surface area contributed by atoms with Crippen LogP contribution in [0.15, 0.2) is 29.7 Å². The molecule has 0 bridgehead atoms. The van der Waals surface area contributed by atoms with Crippen LogP contribution in [0.4, 0.5) is 0 Å². The minimum absolute atomic E-state index is 0.199. The van der Waals surface area contributed by atoms with Gasteiger partial charge in [-0.3, -0.25) is 14.5 Å². The molecule has 0 saturated heterocycles. The first-order valence-electron chi connectivity index (χ1n) is 5.18. The molecule has 0 fully saturated rings. The molecule has 1 aliphatic rings. The van der Waals surface area contributed by atoms with Gasteiger partial charge in [0.05, 0.1) is 11.4 Å². The van der Waals surface area contributed by atoms with Gasteiger partial charge in [-0.05, 0) is 23.1 Å². The summed E-state index contributed by atoms with van der Waals surface area (Å²) in [6, 6.07) is 6.95. The highest BCUT2D eigenvalue weighted by Crippen LogP contribution is 2.28. The Bertz CT molecular complexity index is 513. The summed E-state index contributed by atoms with van der Waals surface area (Å²) in [5.74, 6) is -0.963. The quantitative estimate of drug-likeness (QED) is 0.925. The third-order valence-corrected chi connectivity index (χ3v) is 3.48. The van der Waals surface area contributed by atoms with Crippen LogP contribution in [-0.2, 0) is 9.59 Å². The molecule has 1 aromatic rings. The van der Waals surface area contributed by atoms with Crippen molar-refractivity contribution in [1.82, 2.24) is 4.90 Å². The summed E-state index contributed by atoms with van der Waals surface area (Å²) in [6.07, 6.45) is 0. The summed E-state index contributed by atoms with van der Waals surface area (Å²) in [4.78, 5) is 23.8. The molecule has 2 rings (SSSR count). The molecule has 0 aromatic heterocycles. The Labute approximate surface area is 113 Å². The summed E-state index contributed by atoms with van der Waals surface area (Å²) in [5.41, 5.74) is 1.39. The van der Waals surface area contributed by atoms with E-state index in [2.05, 4.69) is 0 Å². The highest BCUT2D eigenvalue weighted by molar-refractivity contribution is 8.03. The smallest absolute Gasteiger partial charge is 0.323 e. The van der Waals surface area contributed by atoms with Crippen molar-refractivity contribution >= 4 is 40.9 Å². The predicted molar refractivity (Wildman–Crippen MR) is 71.2 cm³/mol. The summed E-state index contributed by atoms with van der Waals surface area (Å²) >= 11 is 7.16. The third-order valence-electron chi connectivity index (χ3n) is 2.43. The lowest BCUT2D eigenvalue weighted by Crippen LogP contribution is -2.37. The van der Waals surface area contributed by atoms with E-state index in [1.807, 2.05) is 0 Å². The predicted octanol–water partition coefficient (Wildman–Crippen LogP) is 2.30. The fourth-order valence-corrected chi connectivity index (χ4v) is 2.55. The van der Waals surface area contributed by atoms with Gasteiger partial charge in [-0.2, -0.15) is 0 Å². The van der Waals surface area contributed by atoms with Gasteiger partial charge < -0.3 is 5.11 Å². The average molecular weight is 284 g/mol. The van der Waals surface area contributed by atoms with Gasteiger partial charge in [0.2, 0.25) is 5.91 Å². The Morgan fingerprint density at radius 3 is 2.67 bits per heavy atom. The van der Waals surface area contributed by atoms with Gasteiger partial charge in [-0.25, -0.2) is 0 Å². The van der Waals surface area contributed by atoms with Crippen LogP contribution in [0.1, 0.15) is 5.56 Å². The first-order chi connectivity index (χ1) is 8.58. The summed E-state index contributed by atoms with van der Waals surface area (Å²) in [7, 11) is 0. The lowest BCUT2D eigenvalue weighted by molar-refractivity contribution is -0.141. The maximum absolute atomic E-state index is 11.8. The monoisotopic (exact) mass is 283 g/mol. The number of amides is 1. The molecule has 1 aliphatic heterocycles. The molecule has 6 heteroatoms. The molecular formula is C12H10ClNO3S. The Hall–Kier alpha value is -1.46. The molecule has 0 aliphatic carbocycles. The number of halogens is 1. The van der Waals surface area contributed by atoms with Gasteiger partial charge in [0.1, 0.15) is 6.54 Å². The van der Waals surface area contributed by atoms with Gasteiger partial charge in [0.25, 0.3) is 0 Å². The van der Waals surface area contributed by atoms with Crippen LogP contribution in [0.3, 0.4) is 0 Å². The molecule has 1 N–H and O–H groups in total. The molecule has 1 heterocycles. The molecule has 94 valence electrons. The summed E-state index contributed by atoms with van der Waals surface area (Å²) in [5, 5.41) is 11.2. The number of rotatable bonds is 3. The van der Waals surface area contributed by atoms with Gasteiger partial charge in [0.15, 0.2) is 0 Å². The molecule has 4 nitrogen and oxygen atoms in total. The van der Waals surface area contributed by atoms with E-state index < -0.39 is 5.97 Å². The van der Waals surface area contributed by atoms with Gasteiger partial charge >= 0.3 is 5.97 Å².